The number of carbonyl (C=O) groups is 3. The monoisotopic (exact) mass is 751 g/mol. The zero-order chi connectivity index (χ0) is 39.6. The summed E-state index contributed by atoms with van der Waals surface area (Å²) in [5.74, 6) is -1.37. The molecule has 7 heteroatoms. The Bertz CT molecular complexity index is 1120. The third-order valence-electron chi connectivity index (χ3n) is 8.94. The second kappa shape index (κ2) is 40.7. The highest BCUT2D eigenvalue weighted by atomic mass is 16.5. The lowest BCUT2D eigenvalue weighted by molar-refractivity contribution is -0.147. The van der Waals surface area contributed by atoms with Crippen LogP contribution in [0.25, 0.3) is 0 Å². The molecular weight excluding hydrogens is 673 g/mol. The number of unbranched alkanes of at least 4 members (excludes halogenated alkanes) is 11. The van der Waals surface area contributed by atoms with Crippen LogP contribution < -0.4 is 11.1 Å². The van der Waals surface area contributed by atoms with Crippen molar-refractivity contribution in [1.82, 2.24) is 5.32 Å². The SMILES string of the molecule is CC/C=C\C/C=C\C/C=C\C/C=C\C/C=C\C/C=C\CCC(=O)OC(/C=C\CCCCCCCC)CCCCCCCCC(=O)NC(CCCN)C(=O)O. The molecule has 0 heterocycles. The van der Waals surface area contributed by atoms with Gasteiger partial charge in [-0.1, -0.05) is 151 Å². The topological polar surface area (TPSA) is 119 Å². The van der Waals surface area contributed by atoms with Crippen molar-refractivity contribution in [2.75, 3.05) is 6.54 Å². The van der Waals surface area contributed by atoms with Crippen molar-refractivity contribution < 1.29 is 24.2 Å². The largest absolute Gasteiger partial charge is 0.480 e. The van der Waals surface area contributed by atoms with Crippen LogP contribution >= 0.6 is 0 Å². The Labute approximate surface area is 330 Å². The number of rotatable bonds is 37. The smallest absolute Gasteiger partial charge is 0.326 e. The van der Waals surface area contributed by atoms with Gasteiger partial charge in [0, 0.05) is 12.8 Å². The Balaban J connectivity index is 4.39. The zero-order valence-corrected chi connectivity index (χ0v) is 34.3. The second-order valence-corrected chi connectivity index (χ2v) is 14.0. The van der Waals surface area contributed by atoms with Crippen molar-refractivity contribution in [2.24, 2.45) is 5.73 Å². The number of allylic oxidation sites excluding steroid dienone is 13. The van der Waals surface area contributed by atoms with Crippen LogP contribution in [0.2, 0.25) is 0 Å². The highest BCUT2D eigenvalue weighted by molar-refractivity contribution is 5.83. The Hall–Kier alpha value is -3.45. The molecule has 0 fully saturated rings. The predicted molar refractivity (Wildman–Crippen MR) is 229 cm³/mol. The fourth-order valence-electron chi connectivity index (χ4n) is 5.74. The number of hydrogen-bond donors (Lipinski definition) is 3. The van der Waals surface area contributed by atoms with E-state index in [2.05, 4.69) is 104 Å². The van der Waals surface area contributed by atoms with Crippen LogP contribution in [0.15, 0.2) is 85.1 Å². The molecule has 0 spiro atoms. The van der Waals surface area contributed by atoms with E-state index in [9.17, 15) is 19.5 Å². The van der Waals surface area contributed by atoms with Crippen LogP contribution in [-0.4, -0.2) is 41.6 Å². The summed E-state index contributed by atoms with van der Waals surface area (Å²) in [4.78, 5) is 36.2. The molecule has 306 valence electrons. The van der Waals surface area contributed by atoms with Crippen molar-refractivity contribution in [3.05, 3.63) is 85.1 Å². The number of nitrogens with two attached hydrogens (primary N) is 1. The van der Waals surface area contributed by atoms with Gasteiger partial charge in [-0.15, -0.1) is 0 Å². The van der Waals surface area contributed by atoms with Gasteiger partial charge < -0.3 is 20.9 Å². The molecule has 2 atom stereocenters. The Morgan fingerprint density at radius 1 is 0.574 bits per heavy atom. The van der Waals surface area contributed by atoms with Gasteiger partial charge in [0.15, 0.2) is 0 Å². The molecular formula is C47H78N2O5. The summed E-state index contributed by atoms with van der Waals surface area (Å²) >= 11 is 0. The molecule has 2 unspecified atom stereocenters. The first-order valence-corrected chi connectivity index (χ1v) is 21.4. The van der Waals surface area contributed by atoms with E-state index in [4.69, 9.17) is 10.5 Å². The van der Waals surface area contributed by atoms with Crippen LogP contribution in [-0.2, 0) is 19.1 Å². The van der Waals surface area contributed by atoms with Gasteiger partial charge >= 0.3 is 11.9 Å². The first kappa shape index (κ1) is 50.5. The van der Waals surface area contributed by atoms with Gasteiger partial charge in [0.1, 0.15) is 12.1 Å². The third kappa shape index (κ3) is 36.9. The third-order valence-corrected chi connectivity index (χ3v) is 8.94. The van der Waals surface area contributed by atoms with Crippen LogP contribution in [0.3, 0.4) is 0 Å². The minimum absolute atomic E-state index is 0.143. The predicted octanol–water partition coefficient (Wildman–Crippen LogP) is 12.1. The van der Waals surface area contributed by atoms with Gasteiger partial charge in [-0.05, 0) is 103 Å². The van der Waals surface area contributed by atoms with E-state index in [-0.39, 0.29) is 18.0 Å². The van der Waals surface area contributed by atoms with Crippen LogP contribution in [0.1, 0.15) is 174 Å². The quantitative estimate of drug-likeness (QED) is 0.0330. The minimum Gasteiger partial charge on any atom is -0.480 e. The number of amides is 1. The molecule has 0 rings (SSSR count). The zero-order valence-electron chi connectivity index (χ0n) is 34.3. The molecule has 0 aliphatic heterocycles. The molecule has 1 amide bonds. The van der Waals surface area contributed by atoms with Crippen molar-refractivity contribution in [1.29, 1.82) is 0 Å². The number of hydrogen-bond acceptors (Lipinski definition) is 5. The highest BCUT2D eigenvalue weighted by Crippen LogP contribution is 2.15. The molecule has 0 saturated heterocycles. The molecule has 0 radical (unpaired) electrons. The summed E-state index contributed by atoms with van der Waals surface area (Å²) in [5, 5.41) is 11.9. The summed E-state index contributed by atoms with van der Waals surface area (Å²) in [6, 6.07) is -0.861. The fraction of sp³-hybridized carbons (Fsp3) is 0.638. The fourth-order valence-corrected chi connectivity index (χ4v) is 5.74. The van der Waals surface area contributed by atoms with Crippen LogP contribution in [0.4, 0.5) is 0 Å². The average molecular weight is 751 g/mol. The van der Waals surface area contributed by atoms with E-state index in [0.29, 0.717) is 38.6 Å². The number of nitrogens with one attached hydrogen (secondary N) is 1. The average Bonchev–Trinajstić information content (AvgIpc) is 3.16. The molecule has 0 aromatic carbocycles. The molecule has 7 nitrogen and oxygen atoms in total. The number of aliphatic carboxylic acids is 1. The number of esters is 1. The van der Waals surface area contributed by atoms with Crippen molar-refractivity contribution in [2.45, 2.75) is 187 Å². The molecule has 0 aliphatic rings. The van der Waals surface area contributed by atoms with Gasteiger partial charge in [0.25, 0.3) is 0 Å². The van der Waals surface area contributed by atoms with E-state index in [0.717, 1.165) is 89.9 Å². The normalized spacial score (nSPS) is 13.5. The lowest BCUT2D eigenvalue weighted by Gasteiger charge is -2.15. The Morgan fingerprint density at radius 3 is 1.65 bits per heavy atom. The van der Waals surface area contributed by atoms with Crippen molar-refractivity contribution in [3.8, 4) is 0 Å². The van der Waals surface area contributed by atoms with E-state index in [1.54, 1.807) is 0 Å². The summed E-state index contributed by atoms with van der Waals surface area (Å²) in [7, 11) is 0. The maximum Gasteiger partial charge on any atom is 0.326 e. The van der Waals surface area contributed by atoms with Gasteiger partial charge in [-0.3, -0.25) is 9.59 Å². The van der Waals surface area contributed by atoms with Gasteiger partial charge in [-0.2, -0.15) is 0 Å². The second-order valence-electron chi connectivity index (χ2n) is 14.0. The standard InChI is InChI=1S/C47H78N2O5/c1-3-5-7-9-11-13-14-15-16-17-18-19-20-21-22-23-25-31-35-41-46(51)54-43(37-32-28-24-12-10-8-6-4-2)38-33-29-26-27-30-34-40-45(50)49-44(47(52)53)39-36-42-48/h5,7,11,13,15-16,18-19,21-22,25,31-32,37,43-44H,3-4,6,8-10,12,14,17,20,23-24,26-30,33-36,38-42,48H2,1-2H3,(H,49,50)(H,52,53)/b7-5-,13-11-,16-15-,19-18-,22-21-,31-25-,37-32-. The molecule has 0 saturated carbocycles. The van der Waals surface area contributed by atoms with E-state index in [1.807, 2.05) is 0 Å². The van der Waals surface area contributed by atoms with Crippen molar-refractivity contribution in [3.63, 3.8) is 0 Å². The molecule has 0 aliphatic carbocycles. The summed E-state index contributed by atoms with van der Waals surface area (Å²) < 4.78 is 5.91. The van der Waals surface area contributed by atoms with E-state index < -0.39 is 12.0 Å². The Morgan fingerprint density at radius 2 is 1.09 bits per heavy atom. The maximum atomic E-state index is 12.7. The number of carboxylic acid groups (broad SMARTS) is 1. The summed E-state index contributed by atoms with van der Waals surface area (Å²) in [5.41, 5.74) is 5.47. The molecule has 0 aromatic rings. The summed E-state index contributed by atoms with van der Waals surface area (Å²) in [6.45, 7) is 4.80. The molecule has 0 aromatic heterocycles. The Kier molecular flexibility index (Phi) is 38.1. The molecule has 54 heavy (non-hydrogen) atoms. The van der Waals surface area contributed by atoms with Gasteiger partial charge in [-0.25, -0.2) is 4.79 Å². The minimum atomic E-state index is -1.01. The molecule has 0 bridgehead atoms. The lowest BCUT2D eigenvalue weighted by Crippen LogP contribution is -2.40. The number of ether oxygens (including phenoxy) is 1. The summed E-state index contributed by atoms with van der Waals surface area (Å²) in [6.07, 6.45) is 53.6. The van der Waals surface area contributed by atoms with Gasteiger partial charge in [0.2, 0.25) is 5.91 Å². The van der Waals surface area contributed by atoms with E-state index in [1.165, 1.54) is 38.5 Å². The number of carbonyl (C=O) groups excluding carboxylic acids is 2. The first-order chi connectivity index (χ1) is 26.4. The molecule has 4 N–H and O–H groups in total. The highest BCUT2D eigenvalue weighted by Gasteiger charge is 2.18. The van der Waals surface area contributed by atoms with Crippen LogP contribution in [0, 0.1) is 0 Å². The van der Waals surface area contributed by atoms with E-state index >= 15 is 0 Å². The lowest BCUT2D eigenvalue weighted by atomic mass is 10.0. The first-order valence-electron chi connectivity index (χ1n) is 21.4. The maximum absolute atomic E-state index is 12.7. The number of carboxylic acids is 1. The van der Waals surface area contributed by atoms with Crippen LogP contribution in [0.5, 0.6) is 0 Å². The van der Waals surface area contributed by atoms with Gasteiger partial charge in [0.05, 0.1) is 0 Å². The van der Waals surface area contributed by atoms with Crippen molar-refractivity contribution >= 4 is 17.8 Å².